The van der Waals surface area contributed by atoms with Crippen molar-refractivity contribution in [1.82, 2.24) is 20.0 Å². The van der Waals surface area contributed by atoms with Gasteiger partial charge in [-0.1, -0.05) is 13.8 Å². The van der Waals surface area contributed by atoms with E-state index in [0.717, 1.165) is 42.6 Å². The molecule has 0 aliphatic carbocycles. The zero-order valence-electron chi connectivity index (χ0n) is 19.9. The predicted molar refractivity (Wildman–Crippen MR) is 129 cm³/mol. The first-order valence-electron chi connectivity index (χ1n) is 10.9. The summed E-state index contributed by atoms with van der Waals surface area (Å²) in [6, 6.07) is -0.495. The monoisotopic (exact) mass is 472 g/mol. The molecule has 1 aromatic rings. The Morgan fingerprint density at radius 3 is 2.42 bits per heavy atom. The molecule has 1 saturated heterocycles. The predicted octanol–water partition coefficient (Wildman–Crippen LogP) is 2.91. The van der Waals surface area contributed by atoms with Crippen LogP contribution in [0.1, 0.15) is 65.6 Å². The van der Waals surface area contributed by atoms with Crippen LogP contribution in [0.25, 0.3) is 0 Å². The molecule has 0 unspecified atom stereocenters. The summed E-state index contributed by atoms with van der Waals surface area (Å²) in [6.45, 7) is 11.3. The number of nitrogens with one attached hydrogen (secondary N) is 2. The third-order valence-electron chi connectivity index (χ3n) is 4.88. The summed E-state index contributed by atoms with van der Waals surface area (Å²) in [4.78, 5) is 32.0. The molecule has 1 aliphatic rings. The Labute approximate surface area is 193 Å². The molecule has 2 N–H and O–H groups in total. The van der Waals surface area contributed by atoms with E-state index >= 15 is 0 Å². The molecule has 0 spiro atoms. The van der Waals surface area contributed by atoms with E-state index in [2.05, 4.69) is 51.3 Å². The first kappa shape index (κ1) is 25.7. The van der Waals surface area contributed by atoms with Gasteiger partial charge in [0.15, 0.2) is 0 Å². The second kappa shape index (κ2) is 11.4. The average Bonchev–Trinajstić information content (AvgIpc) is 3.14. The van der Waals surface area contributed by atoms with Crippen molar-refractivity contribution in [3.8, 4) is 0 Å². The SMILES string of the molecule is CC(C)c1nsc(N2CCC(NC(=O)[C@H](CC[S+](C)C)NC(=O)OC(C)(C)C)CC2)n1. The smallest absolute Gasteiger partial charge is 0.408 e. The number of aromatic nitrogens is 2. The normalized spacial score (nSPS) is 16.5. The fourth-order valence-electron chi connectivity index (χ4n) is 3.18. The van der Waals surface area contributed by atoms with Gasteiger partial charge in [-0.2, -0.15) is 4.37 Å². The quantitative estimate of drug-likeness (QED) is 0.565. The molecule has 8 nitrogen and oxygen atoms in total. The molecule has 0 saturated carbocycles. The molecule has 0 bridgehead atoms. The lowest BCUT2D eigenvalue weighted by atomic mass is 10.0. The molecule has 1 fully saturated rings. The van der Waals surface area contributed by atoms with Crippen molar-refractivity contribution < 1.29 is 14.3 Å². The van der Waals surface area contributed by atoms with Gasteiger partial charge in [-0.15, -0.1) is 0 Å². The van der Waals surface area contributed by atoms with E-state index in [4.69, 9.17) is 4.74 Å². The van der Waals surface area contributed by atoms with Gasteiger partial charge in [-0.05, 0) is 44.5 Å². The number of alkyl carbamates (subject to hydrolysis) is 1. The third kappa shape index (κ3) is 8.84. The molecule has 31 heavy (non-hydrogen) atoms. The van der Waals surface area contributed by atoms with E-state index in [1.807, 2.05) is 20.8 Å². The summed E-state index contributed by atoms with van der Waals surface area (Å²) >= 11 is 1.44. The standard InChI is InChI=1S/C21H37N5O3S2/c1-14(2)17-24-19(30-25-17)26-11-8-15(9-12-26)22-18(27)16(10-13-31(6)7)23-20(28)29-21(3,4)5/h14-16H,8-13H2,1-7H3,(H-,22,23,27,28)/p+1/t16-/m0/s1. The van der Waals surface area contributed by atoms with Crippen molar-refractivity contribution in [3.63, 3.8) is 0 Å². The van der Waals surface area contributed by atoms with Crippen LogP contribution in [-0.2, 0) is 20.4 Å². The topological polar surface area (TPSA) is 96.5 Å². The molecule has 176 valence electrons. The van der Waals surface area contributed by atoms with Crippen LogP contribution in [0.15, 0.2) is 0 Å². The maximum atomic E-state index is 12.9. The molecular formula is C21H38N5O3S2+. The minimum absolute atomic E-state index is 0.0886. The summed E-state index contributed by atoms with van der Waals surface area (Å²) < 4.78 is 9.79. The first-order chi connectivity index (χ1) is 14.4. The Bertz CT molecular complexity index is 725. The molecule has 10 heteroatoms. The van der Waals surface area contributed by atoms with E-state index in [9.17, 15) is 9.59 Å². The van der Waals surface area contributed by atoms with Gasteiger partial charge >= 0.3 is 6.09 Å². The molecule has 2 heterocycles. The van der Waals surface area contributed by atoms with Gasteiger partial charge in [-0.3, -0.25) is 4.79 Å². The third-order valence-corrected chi connectivity index (χ3v) is 6.72. The average molecular weight is 473 g/mol. The molecule has 1 aliphatic heterocycles. The number of anilines is 1. The highest BCUT2D eigenvalue weighted by atomic mass is 32.2. The van der Waals surface area contributed by atoms with Crippen LogP contribution in [0.2, 0.25) is 0 Å². The van der Waals surface area contributed by atoms with Gasteiger partial charge < -0.3 is 20.3 Å². The number of piperidine rings is 1. The van der Waals surface area contributed by atoms with Crippen LogP contribution in [0.4, 0.5) is 9.93 Å². The summed E-state index contributed by atoms with van der Waals surface area (Å²) in [5.41, 5.74) is -0.599. The fourth-order valence-corrected chi connectivity index (χ4v) is 4.74. The molecule has 1 atom stereocenters. The second-order valence-corrected chi connectivity index (χ2v) is 12.6. The Kier molecular flexibility index (Phi) is 9.42. The number of carbonyl (C=O) groups is 2. The van der Waals surface area contributed by atoms with Crippen LogP contribution in [0, 0.1) is 0 Å². The van der Waals surface area contributed by atoms with Gasteiger partial charge in [0, 0.05) is 43.0 Å². The van der Waals surface area contributed by atoms with E-state index in [0.29, 0.717) is 12.3 Å². The van der Waals surface area contributed by atoms with Crippen LogP contribution in [0.5, 0.6) is 0 Å². The first-order valence-corrected chi connectivity index (χ1v) is 13.9. The highest BCUT2D eigenvalue weighted by Crippen LogP contribution is 2.24. The number of nitrogens with zero attached hydrogens (tertiary/aromatic N) is 3. The van der Waals surface area contributed by atoms with Crippen molar-refractivity contribution >= 4 is 39.6 Å². The number of hydrogen-bond donors (Lipinski definition) is 2. The maximum Gasteiger partial charge on any atom is 0.408 e. The molecular weight excluding hydrogens is 434 g/mol. The van der Waals surface area contributed by atoms with E-state index in [-0.39, 0.29) is 22.8 Å². The summed E-state index contributed by atoms with van der Waals surface area (Å²) in [5.74, 6) is 1.95. The van der Waals surface area contributed by atoms with Crippen molar-refractivity contribution in [2.45, 2.75) is 77.5 Å². The van der Waals surface area contributed by atoms with Crippen molar-refractivity contribution in [2.75, 3.05) is 36.3 Å². The van der Waals surface area contributed by atoms with E-state index < -0.39 is 17.7 Å². The minimum Gasteiger partial charge on any atom is -0.444 e. The summed E-state index contributed by atoms with van der Waals surface area (Å²) in [6.07, 6.45) is 6.00. The molecule has 0 radical (unpaired) electrons. The Morgan fingerprint density at radius 1 is 1.26 bits per heavy atom. The van der Waals surface area contributed by atoms with Crippen LogP contribution in [-0.4, -0.2) is 70.4 Å². The molecule has 1 aromatic heterocycles. The van der Waals surface area contributed by atoms with Crippen LogP contribution < -0.4 is 15.5 Å². The minimum atomic E-state index is -0.599. The zero-order valence-corrected chi connectivity index (χ0v) is 21.5. The Morgan fingerprint density at radius 2 is 1.90 bits per heavy atom. The molecule has 2 amide bonds. The number of carbonyl (C=O) groups excluding carboxylic acids is 2. The van der Waals surface area contributed by atoms with E-state index in [1.165, 1.54) is 11.5 Å². The van der Waals surface area contributed by atoms with Gasteiger partial charge in [0.2, 0.25) is 11.0 Å². The lowest BCUT2D eigenvalue weighted by Crippen LogP contribution is -2.53. The van der Waals surface area contributed by atoms with Crippen LogP contribution in [0.3, 0.4) is 0 Å². The van der Waals surface area contributed by atoms with Crippen LogP contribution >= 0.6 is 11.5 Å². The van der Waals surface area contributed by atoms with Crippen molar-refractivity contribution in [2.24, 2.45) is 0 Å². The Balaban J connectivity index is 1.89. The van der Waals surface area contributed by atoms with E-state index in [1.54, 1.807) is 0 Å². The number of rotatable bonds is 8. The lowest BCUT2D eigenvalue weighted by molar-refractivity contribution is -0.124. The summed E-state index contributed by atoms with van der Waals surface area (Å²) in [7, 11) is 0.189. The highest BCUT2D eigenvalue weighted by Gasteiger charge is 2.29. The fraction of sp³-hybridized carbons (Fsp3) is 0.810. The second-order valence-electron chi connectivity index (χ2n) is 9.54. The zero-order chi connectivity index (χ0) is 23.2. The largest absolute Gasteiger partial charge is 0.444 e. The highest BCUT2D eigenvalue weighted by molar-refractivity contribution is 7.95. The number of amides is 2. The maximum absolute atomic E-state index is 12.9. The van der Waals surface area contributed by atoms with Gasteiger partial charge in [0.1, 0.15) is 23.2 Å². The van der Waals surface area contributed by atoms with Crippen molar-refractivity contribution in [1.29, 1.82) is 0 Å². The van der Waals surface area contributed by atoms with Gasteiger partial charge in [0.25, 0.3) is 0 Å². The molecule has 0 aromatic carbocycles. The Hall–Kier alpha value is -1.55. The van der Waals surface area contributed by atoms with Gasteiger partial charge in [0.05, 0.1) is 12.5 Å². The van der Waals surface area contributed by atoms with Gasteiger partial charge in [-0.25, -0.2) is 9.78 Å². The number of hydrogen-bond acceptors (Lipinski definition) is 7. The van der Waals surface area contributed by atoms with Crippen molar-refractivity contribution in [3.05, 3.63) is 5.82 Å². The number of ether oxygens (including phenoxy) is 1. The lowest BCUT2D eigenvalue weighted by Gasteiger charge is -2.32. The molecule has 2 rings (SSSR count). The summed E-state index contributed by atoms with van der Waals surface area (Å²) in [5, 5.41) is 6.87.